The molecule has 0 aliphatic heterocycles. The molecule has 1 N–H and O–H groups in total. The maximum atomic E-state index is 12.4. The summed E-state index contributed by atoms with van der Waals surface area (Å²) in [6, 6.07) is 10.4. The number of aromatic nitrogens is 1. The van der Waals surface area contributed by atoms with E-state index in [2.05, 4.69) is 10.3 Å². The van der Waals surface area contributed by atoms with Crippen LogP contribution in [0.3, 0.4) is 0 Å². The Morgan fingerprint density at radius 1 is 1.20 bits per heavy atom. The van der Waals surface area contributed by atoms with Gasteiger partial charge in [0.15, 0.2) is 0 Å². The molecule has 0 atom stereocenters. The van der Waals surface area contributed by atoms with Gasteiger partial charge in [-0.1, -0.05) is 23.7 Å². The van der Waals surface area contributed by atoms with Gasteiger partial charge in [0.2, 0.25) is 0 Å². The van der Waals surface area contributed by atoms with E-state index in [0.717, 1.165) is 5.56 Å². The van der Waals surface area contributed by atoms with Crippen molar-refractivity contribution >= 4 is 39.8 Å². The minimum atomic E-state index is -0.521. The summed E-state index contributed by atoms with van der Waals surface area (Å²) in [7, 11) is 1.30. The number of carbonyl (C=O) groups excluding carboxylic acids is 2. The molecular formula is C18H13ClN2O3S. The van der Waals surface area contributed by atoms with Gasteiger partial charge >= 0.3 is 5.97 Å². The number of anilines is 1. The summed E-state index contributed by atoms with van der Waals surface area (Å²) < 4.78 is 4.89. The van der Waals surface area contributed by atoms with Crippen molar-refractivity contribution < 1.29 is 14.3 Å². The monoisotopic (exact) mass is 372 g/mol. The van der Waals surface area contributed by atoms with Gasteiger partial charge in [-0.2, -0.15) is 0 Å². The highest BCUT2D eigenvalue weighted by molar-refractivity contribution is 7.15. The maximum absolute atomic E-state index is 12.4. The van der Waals surface area contributed by atoms with E-state index in [1.807, 2.05) is 12.1 Å². The van der Waals surface area contributed by atoms with E-state index in [4.69, 9.17) is 16.3 Å². The first kappa shape index (κ1) is 17.1. The number of pyridine rings is 1. The van der Waals surface area contributed by atoms with Crippen molar-refractivity contribution in [1.82, 2.24) is 4.98 Å². The van der Waals surface area contributed by atoms with Gasteiger partial charge < -0.3 is 10.1 Å². The lowest BCUT2D eigenvalue weighted by Gasteiger charge is -2.08. The fourth-order valence-corrected chi connectivity index (χ4v) is 3.35. The number of hydrogen-bond donors (Lipinski definition) is 1. The van der Waals surface area contributed by atoms with Gasteiger partial charge in [0.05, 0.1) is 12.7 Å². The molecule has 3 aromatic rings. The number of thiophene rings is 1. The Kier molecular flexibility index (Phi) is 5.11. The Balaban J connectivity index is 1.98. The third-order valence-electron chi connectivity index (χ3n) is 3.49. The molecule has 1 aromatic carbocycles. The molecule has 0 fully saturated rings. The van der Waals surface area contributed by atoms with Crippen LogP contribution in [0.1, 0.15) is 20.7 Å². The molecule has 0 saturated heterocycles. The molecule has 0 radical (unpaired) electrons. The summed E-state index contributed by atoms with van der Waals surface area (Å²) in [6.07, 6.45) is 3.04. The van der Waals surface area contributed by atoms with Gasteiger partial charge in [0.25, 0.3) is 5.91 Å². The Morgan fingerprint density at radius 2 is 1.96 bits per heavy atom. The van der Waals surface area contributed by atoms with Gasteiger partial charge in [-0.05, 0) is 29.8 Å². The normalized spacial score (nSPS) is 10.3. The number of hydrogen-bond acceptors (Lipinski definition) is 5. The average molecular weight is 373 g/mol. The molecule has 25 heavy (non-hydrogen) atoms. The molecule has 0 unspecified atom stereocenters. The molecule has 2 aromatic heterocycles. The van der Waals surface area contributed by atoms with Gasteiger partial charge in [-0.3, -0.25) is 9.78 Å². The molecule has 7 heteroatoms. The Bertz CT molecular complexity index is 908. The number of esters is 1. The minimum absolute atomic E-state index is 0.312. The number of rotatable bonds is 4. The number of carbonyl (C=O) groups is 2. The number of amides is 1. The van der Waals surface area contributed by atoms with E-state index in [9.17, 15) is 9.59 Å². The summed E-state index contributed by atoms with van der Waals surface area (Å²) >= 11 is 7.17. The highest BCUT2D eigenvalue weighted by Crippen LogP contribution is 2.36. The van der Waals surface area contributed by atoms with Crippen LogP contribution >= 0.6 is 22.9 Å². The lowest BCUT2D eigenvalue weighted by molar-refractivity contribution is 0.0603. The van der Waals surface area contributed by atoms with Gasteiger partial charge in [-0.25, -0.2) is 4.79 Å². The molecule has 2 heterocycles. The van der Waals surface area contributed by atoms with E-state index >= 15 is 0 Å². The van der Waals surface area contributed by atoms with Crippen molar-refractivity contribution in [2.75, 3.05) is 12.4 Å². The SMILES string of the molecule is COC(=O)c1c(-c2ccc(Cl)cc2)csc1NC(=O)c1cccnc1. The molecule has 0 spiro atoms. The van der Waals surface area contributed by atoms with E-state index < -0.39 is 5.97 Å². The first-order chi connectivity index (χ1) is 12.1. The molecule has 0 aliphatic rings. The largest absolute Gasteiger partial charge is 0.465 e. The quantitative estimate of drug-likeness (QED) is 0.684. The van der Waals surface area contributed by atoms with Gasteiger partial charge in [-0.15, -0.1) is 11.3 Å². The Hall–Kier alpha value is -2.70. The lowest BCUT2D eigenvalue weighted by Crippen LogP contribution is -2.14. The Morgan fingerprint density at radius 3 is 2.60 bits per heavy atom. The van der Waals surface area contributed by atoms with E-state index in [0.29, 0.717) is 26.7 Å². The van der Waals surface area contributed by atoms with Crippen LogP contribution in [-0.2, 0) is 4.74 Å². The first-order valence-electron chi connectivity index (χ1n) is 7.27. The fourth-order valence-electron chi connectivity index (χ4n) is 2.27. The standard InChI is InChI=1S/C18H13ClN2O3S/c1-24-18(23)15-14(11-4-6-13(19)7-5-11)10-25-17(15)21-16(22)12-3-2-8-20-9-12/h2-10H,1H3,(H,21,22). The number of ether oxygens (including phenoxy) is 1. The topological polar surface area (TPSA) is 68.3 Å². The molecule has 126 valence electrons. The number of nitrogens with zero attached hydrogens (tertiary/aromatic N) is 1. The zero-order valence-electron chi connectivity index (χ0n) is 13.2. The summed E-state index contributed by atoms with van der Waals surface area (Å²) in [5.41, 5.74) is 2.20. The number of benzene rings is 1. The number of halogens is 1. The third-order valence-corrected chi connectivity index (χ3v) is 4.63. The second kappa shape index (κ2) is 7.46. The van der Waals surface area contributed by atoms with Crippen LogP contribution in [0, 0.1) is 0 Å². The van der Waals surface area contributed by atoms with Crippen molar-refractivity contribution in [3.63, 3.8) is 0 Å². The minimum Gasteiger partial charge on any atom is -0.465 e. The van der Waals surface area contributed by atoms with E-state index in [1.54, 1.807) is 35.8 Å². The van der Waals surface area contributed by atoms with Crippen molar-refractivity contribution in [3.8, 4) is 11.1 Å². The molecule has 5 nitrogen and oxygen atoms in total. The molecular weight excluding hydrogens is 360 g/mol. The van der Waals surface area contributed by atoms with Crippen LogP contribution < -0.4 is 5.32 Å². The van der Waals surface area contributed by atoms with Crippen molar-refractivity contribution in [3.05, 3.63) is 70.3 Å². The summed E-state index contributed by atoms with van der Waals surface area (Å²) in [5, 5.41) is 5.58. The number of nitrogens with one attached hydrogen (secondary N) is 1. The third kappa shape index (κ3) is 3.70. The highest BCUT2D eigenvalue weighted by atomic mass is 35.5. The van der Waals surface area contributed by atoms with Gasteiger partial charge in [0.1, 0.15) is 10.6 Å². The summed E-state index contributed by atoms with van der Waals surface area (Å²) in [6.45, 7) is 0. The lowest BCUT2D eigenvalue weighted by atomic mass is 10.0. The molecule has 0 saturated carbocycles. The van der Waals surface area contributed by atoms with Crippen molar-refractivity contribution in [1.29, 1.82) is 0 Å². The molecule has 1 amide bonds. The first-order valence-corrected chi connectivity index (χ1v) is 8.53. The smallest absolute Gasteiger partial charge is 0.341 e. The number of methoxy groups -OCH3 is 1. The highest BCUT2D eigenvalue weighted by Gasteiger charge is 2.22. The van der Waals surface area contributed by atoms with Crippen LogP contribution in [0.2, 0.25) is 5.02 Å². The van der Waals surface area contributed by atoms with Crippen LogP contribution in [-0.4, -0.2) is 24.0 Å². The van der Waals surface area contributed by atoms with Crippen LogP contribution in [0.5, 0.6) is 0 Å². The zero-order chi connectivity index (χ0) is 17.8. The Labute approximate surface area is 153 Å². The van der Waals surface area contributed by atoms with E-state index in [-0.39, 0.29) is 5.91 Å². The van der Waals surface area contributed by atoms with Gasteiger partial charge in [0, 0.05) is 28.4 Å². The zero-order valence-corrected chi connectivity index (χ0v) is 14.7. The maximum Gasteiger partial charge on any atom is 0.341 e. The van der Waals surface area contributed by atoms with Crippen LogP contribution in [0.15, 0.2) is 54.2 Å². The predicted molar refractivity (Wildman–Crippen MR) is 98.3 cm³/mol. The van der Waals surface area contributed by atoms with E-state index in [1.165, 1.54) is 24.6 Å². The molecule has 3 rings (SSSR count). The summed E-state index contributed by atoms with van der Waals surface area (Å²) in [4.78, 5) is 28.5. The predicted octanol–water partition coefficient (Wildman–Crippen LogP) is 4.50. The van der Waals surface area contributed by atoms with Crippen molar-refractivity contribution in [2.24, 2.45) is 0 Å². The van der Waals surface area contributed by atoms with Crippen LogP contribution in [0.4, 0.5) is 5.00 Å². The summed E-state index contributed by atoms with van der Waals surface area (Å²) in [5.74, 6) is -0.865. The molecule has 0 bridgehead atoms. The van der Waals surface area contributed by atoms with Crippen LogP contribution in [0.25, 0.3) is 11.1 Å². The second-order valence-electron chi connectivity index (χ2n) is 5.05. The van der Waals surface area contributed by atoms with Crippen molar-refractivity contribution in [2.45, 2.75) is 0 Å². The second-order valence-corrected chi connectivity index (χ2v) is 6.36. The average Bonchev–Trinajstić information content (AvgIpc) is 3.06. The molecule has 0 aliphatic carbocycles. The fraction of sp³-hybridized carbons (Fsp3) is 0.0556.